The van der Waals surface area contributed by atoms with Crippen LogP contribution in [0.25, 0.3) is 0 Å². The molecule has 0 spiro atoms. The average molecular weight is 352 g/mol. The van der Waals surface area contributed by atoms with Gasteiger partial charge in [-0.05, 0) is 42.9 Å². The Labute approximate surface area is 146 Å². The van der Waals surface area contributed by atoms with Crippen LogP contribution >= 0.6 is 23.7 Å². The number of benzene rings is 1. The van der Waals surface area contributed by atoms with Crippen molar-refractivity contribution in [3.63, 3.8) is 0 Å². The molecule has 1 aliphatic carbocycles. The number of hydrogen-bond donors (Lipinski definition) is 2. The normalized spacial score (nSPS) is 16.6. The van der Waals surface area contributed by atoms with Crippen LogP contribution in [0.15, 0.2) is 24.3 Å². The second-order valence-electron chi connectivity index (χ2n) is 6.12. The summed E-state index contributed by atoms with van der Waals surface area (Å²) in [6, 6.07) is 7.97. The standard InChI is InChI=1S/C17H21N3OS.ClH/c1-10(2)11-3-5-12(6-4-11)16(21)20-17-19-14-8-7-13(18)9-15(14)22-17;/h3-6,10,13H,7-9,18H2,1-2H3,(H,19,20,21);1H/t13-;/m0./s1. The van der Waals surface area contributed by atoms with Crippen LogP contribution in [-0.4, -0.2) is 16.9 Å². The lowest BCUT2D eigenvalue weighted by atomic mass is 9.99. The monoisotopic (exact) mass is 351 g/mol. The highest BCUT2D eigenvalue weighted by Crippen LogP contribution is 2.29. The Morgan fingerprint density at radius 2 is 2.04 bits per heavy atom. The van der Waals surface area contributed by atoms with Gasteiger partial charge in [-0.2, -0.15) is 0 Å². The van der Waals surface area contributed by atoms with Crippen molar-refractivity contribution in [2.24, 2.45) is 5.73 Å². The third-order valence-corrected chi connectivity index (χ3v) is 5.07. The molecule has 0 bridgehead atoms. The van der Waals surface area contributed by atoms with Crippen LogP contribution in [0.5, 0.6) is 0 Å². The fourth-order valence-electron chi connectivity index (χ4n) is 2.64. The molecule has 3 N–H and O–H groups in total. The van der Waals surface area contributed by atoms with Crippen LogP contribution in [-0.2, 0) is 12.8 Å². The highest BCUT2D eigenvalue weighted by atomic mass is 35.5. The molecule has 0 unspecified atom stereocenters. The molecule has 6 heteroatoms. The second kappa shape index (κ2) is 7.43. The highest BCUT2D eigenvalue weighted by molar-refractivity contribution is 7.15. The molecule has 0 aliphatic heterocycles. The fourth-order valence-corrected chi connectivity index (χ4v) is 3.74. The van der Waals surface area contributed by atoms with Gasteiger partial charge in [-0.25, -0.2) is 4.98 Å². The largest absolute Gasteiger partial charge is 0.327 e. The Bertz CT molecular complexity index is 682. The topological polar surface area (TPSA) is 68.0 Å². The summed E-state index contributed by atoms with van der Waals surface area (Å²) in [5.74, 6) is 0.359. The fraction of sp³-hybridized carbons (Fsp3) is 0.412. The first-order valence-electron chi connectivity index (χ1n) is 7.68. The lowest BCUT2D eigenvalue weighted by molar-refractivity contribution is 0.102. The Balaban J connectivity index is 0.00000192. The molecule has 23 heavy (non-hydrogen) atoms. The van der Waals surface area contributed by atoms with Gasteiger partial charge in [0.05, 0.1) is 5.69 Å². The Morgan fingerprint density at radius 1 is 1.35 bits per heavy atom. The maximum Gasteiger partial charge on any atom is 0.257 e. The van der Waals surface area contributed by atoms with Crippen LogP contribution < -0.4 is 11.1 Å². The minimum Gasteiger partial charge on any atom is -0.327 e. The molecular formula is C17H22ClN3OS. The molecule has 0 radical (unpaired) electrons. The van der Waals surface area contributed by atoms with Gasteiger partial charge < -0.3 is 5.73 Å². The lowest BCUT2D eigenvalue weighted by Crippen LogP contribution is -2.27. The minimum absolute atomic E-state index is 0. The molecule has 1 atom stereocenters. The molecule has 1 amide bonds. The van der Waals surface area contributed by atoms with E-state index in [1.54, 1.807) is 11.3 Å². The van der Waals surface area contributed by atoms with E-state index in [-0.39, 0.29) is 24.4 Å². The van der Waals surface area contributed by atoms with Crippen LogP contribution in [0, 0.1) is 0 Å². The Kier molecular flexibility index (Phi) is 5.79. The average Bonchev–Trinajstić information content (AvgIpc) is 2.88. The molecule has 1 heterocycles. The molecule has 0 saturated carbocycles. The number of carbonyl (C=O) groups excluding carboxylic acids is 1. The number of nitrogens with zero attached hydrogens (tertiary/aromatic N) is 1. The number of fused-ring (bicyclic) bond motifs is 1. The number of nitrogens with one attached hydrogen (secondary N) is 1. The van der Waals surface area contributed by atoms with E-state index in [2.05, 4.69) is 24.1 Å². The number of anilines is 1. The molecule has 124 valence electrons. The summed E-state index contributed by atoms with van der Waals surface area (Å²) in [5, 5.41) is 3.58. The zero-order valence-electron chi connectivity index (χ0n) is 13.3. The molecule has 0 fully saturated rings. The second-order valence-corrected chi connectivity index (χ2v) is 7.21. The summed E-state index contributed by atoms with van der Waals surface area (Å²) in [6.07, 6.45) is 2.75. The summed E-state index contributed by atoms with van der Waals surface area (Å²) in [6.45, 7) is 4.28. The SMILES string of the molecule is CC(C)c1ccc(C(=O)Nc2nc3c(s2)C[C@@H](N)CC3)cc1.Cl. The van der Waals surface area contributed by atoms with E-state index in [1.165, 1.54) is 10.4 Å². The van der Waals surface area contributed by atoms with Crippen LogP contribution in [0.4, 0.5) is 5.13 Å². The summed E-state index contributed by atoms with van der Waals surface area (Å²) in [4.78, 5) is 18.0. The predicted octanol–water partition coefficient (Wildman–Crippen LogP) is 3.76. The van der Waals surface area contributed by atoms with Crippen LogP contribution in [0.3, 0.4) is 0 Å². The molecule has 2 aromatic rings. The van der Waals surface area contributed by atoms with Crippen molar-refractivity contribution in [2.45, 2.75) is 45.1 Å². The lowest BCUT2D eigenvalue weighted by Gasteiger charge is -2.15. The first-order valence-corrected chi connectivity index (χ1v) is 8.50. The molecule has 4 nitrogen and oxygen atoms in total. The summed E-state index contributed by atoms with van der Waals surface area (Å²) in [5.41, 5.74) is 8.97. The number of nitrogens with two attached hydrogens (primary N) is 1. The van der Waals surface area contributed by atoms with Gasteiger partial charge in [0, 0.05) is 16.5 Å². The number of hydrogen-bond acceptors (Lipinski definition) is 4. The Morgan fingerprint density at radius 3 is 2.70 bits per heavy atom. The third-order valence-electron chi connectivity index (χ3n) is 4.04. The first-order chi connectivity index (χ1) is 10.5. The number of aromatic nitrogens is 1. The molecule has 0 saturated heterocycles. The first kappa shape index (κ1) is 17.9. The summed E-state index contributed by atoms with van der Waals surface area (Å²) in [7, 11) is 0. The molecule has 3 rings (SSSR count). The quantitative estimate of drug-likeness (QED) is 0.884. The van der Waals surface area contributed by atoms with E-state index in [9.17, 15) is 4.79 Å². The van der Waals surface area contributed by atoms with Crippen molar-refractivity contribution in [2.75, 3.05) is 5.32 Å². The maximum atomic E-state index is 12.3. The van der Waals surface area contributed by atoms with Gasteiger partial charge in [-0.15, -0.1) is 23.7 Å². The van der Waals surface area contributed by atoms with Crippen molar-refractivity contribution in [3.05, 3.63) is 46.0 Å². The van der Waals surface area contributed by atoms with Crippen molar-refractivity contribution in [3.8, 4) is 0 Å². The minimum atomic E-state index is -0.106. The van der Waals surface area contributed by atoms with E-state index in [4.69, 9.17) is 5.73 Å². The summed E-state index contributed by atoms with van der Waals surface area (Å²) >= 11 is 1.55. The maximum absolute atomic E-state index is 12.3. The molecule has 1 aliphatic rings. The van der Waals surface area contributed by atoms with E-state index in [0.29, 0.717) is 16.6 Å². The summed E-state index contributed by atoms with van der Waals surface area (Å²) < 4.78 is 0. The molecular weight excluding hydrogens is 330 g/mol. The predicted molar refractivity (Wildman–Crippen MR) is 97.8 cm³/mol. The number of aryl methyl sites for hydroxylation is 1. The zero-order valence-corrected chi connectivity index (χ0v) is 15.0. The van der Waals surface area contributed by atoms with E-state index >= 15 is 0 Å². The van der Waals surface area contributed by atoms with Crippen molar-refractivity contribution in [1.29, 1.82) is 0 Å². The van der Waals surface area contributed by atoms with E-state index in [0.717, 1.165) is 25.0 Å². The van der Waals surface area contributed by atoms with E-state index in [1.807, 2.05) is 24.3 Å². The van der Waals surface area contributed by atoms with Gasteiger partial charge in [0.1, 0.15) is 0 Å². The van der Waals surface area contributed by atoms with Crippen molar-refractivity contribution < 1.29 is 4.79 Å². The smallest absolute Gasteiger partial charge is 0.257 e. The number of amides is 1. The Hall–Kier alpha value is -1.43. The number of rotatable bonds is 3. The van der Waals surface area contributed by atoms with E-state index < -0.39 is 0 Å². The van der Waals surface area contributed by atoms with Gasteiger partial charge in [-0.1, -0.05) is 26.0 Å². The molecule has 1 aromatic heterocycles. The molecule has 1 aromatic carbocycles. The van der Waals surface area contributed by atoms with Gasteiger partial charge in [0.2, 0.25) is 0 Å². The van der Waals surface area contributed by atoms with Gasteiger partial charge in [0.15, 0.2) is 5.13 Å². The van der Waals surface area contributed by atoms with Crippen LogP contribution in [0.2, 0.25) is 0 Å². The number of carbonyl (C=O) groups is 1. The van der Waals surface area contributed by atoms with Gasteiger partial charge in [0.25, 0.3) is 5.91 Å². The highest BCUT2D eigenvalue weighted by Gasteiger charge is 2.21. The number of halogens is 1. The van der Waals surface area contributed by atoms with Crippen molar-refractivity contribution >= 4 is 34.8 Å². The zero-order chi connectivity index (χ0) is 15.7. The van der Waals surface area contributed by atoms with Crippen LogP contribution in [0.1, 0.15) is 52.7 Å². The van der Waals surface area contributed by atoms with Crippen molar-refractivity contribution in [1.82, 2.24) is 4.98 Å². The van der Waals surface area contributed by atoms with Gasteiger partial charge >= 0.3 is 0 Å². The van der Waals surface area contributed by atoms with Gasteiger partial charge in [-0.3, -0.25) is 10.1 Å². The number of thiazole rings is 1. The third kappa shape index (κ3) is 4.10.